The van der Waals surface area contributed by atoms with Crippen molar-refractivity contribution in [2.24, 2.45) is 0 Å². The van der Waals surface area contributed by atoms with E-state index in [2.05, 4.69) is 15.3 Å². The molecule has 1 atom stereocenters. The zero-order chi connectivity index (χ0) is 11.0. The summed E-state index contributed by atoms with van der Waals surface area (Å²) in [7, 11) is 0. The molecule has 2 heterocycles. The lowest BCUT2D eigenvalue weighted by Crippen LogP contribution is -2.24. The summed E-state index contributed by atoms with van der Waals surface area (Å²) >= 11 is 6.09. The Morgan fingerprint density at radius 3 is 3.12 bits per heavy atom. The molecule has 1 saturated heterocycles. The number of hydrogen-bond acceptors (Lipinski definition) is 2. The first-order valence-electron chi connectivity index (χ1n) is 5.69. The van der Waals surface area contributed by atoms with Crippen LogP contribution in [0.2, 0.25) is 5.02 Å². The molecule has 3 rings (SSSR count). The zero-order valence-electron chi connectivity index (χ0n) is 8.96. The van der Waals surface area contributed by atoms with Gasteiger partial charge in [0.1, 0.15) is 11.3 Å². The van der Waals surface area contributed by atoms with E-state index < -0.39 is 0 Å². The molecule has 16 heavy (non-hydrogen) atoms. The standard InChI is InChI=1S/C12H14ClN3/c13-9-4-1-5-10-12(9)16-11(15-10)7-8-3-2-6-14-8/h1,4-5,8,14H,2-3,6-7H2,(H,15,16). The summed E-state index contributed by atoms with van der Waals surface area (Å²) in [4.78, 5) is 7.88. The fourth-order valence-electron chi connectivity index (χ4n) is 2.31. The molecular weight excluding hydrogens is 222 g/mol. The summed E-state index contributed by atoms with van der Waals surface area (Å²) < 4.78 is 0. The minimum Gasteiger partial charge on any atom is -0.342 e. The normalized spacial score (nSPS) is 20.7. The lowest BCUT2D eigenvalue weighted by molar-refractivity contribution is 0.589. The molecule has 4 heteroatoms. The maximum absolute atomic E-state index is 6.09. The molecule has 1 aliphatic heterocycles. The van der Waals surface area contributed by atoms with E-state index in [0.717, 1.165) is 34.8 Å². The molecular formula is C12H14ClN3. The van der Waals surface area contributed by atoms with Crippen LogP contribution in [0.25, 0.3) is 11.0 Å². The van der Waals surface area contributed by atoms with Crippen LogP contribution in [-0.2, 0) is 6.42 Å². The van der Waals surface area contributed by atoms with Gasteiger partial charge in [0.05, 0.1) is 10.5 Å². The molecule has 84 valence electrons. The SMILES string of the molecule is Clc1cccc2[nH]c(CC3CCCN3)nc12. The average Bonchev–Trinajstić information content (AvgIpc) is 2.88. The van der Waals surface area contributed by atoms with Gasteiger partial charge in [0, 0.05) is 12.5 Å². The fraction of sp³-hybridized carbons (Fsp3) is 0.417. The highest BCUT2D eigenvalue weighted by Gasteiger charge is 2.16. The van der Waals surface area contributed by atoms with Crippen molar-refractivity contribution in [3.63, 3.8) is 0 Å². The highest BCUT2D eigenvalue weighted by Crippen LogP contribution is 2.21. The number of H-pyrrole nitrogens is 1. The van der Waals surface area contributed by atoms with Crippen molar-refractivity contribution >= 4 is 22.6 Å². The Morgan fingerprint density at radius 1 is 1.44 bits per heavy atom. The maximum Gasteiger partial charge on any atom is 0.108 e. The van der Waals surface area contributed by atoms with Gasteiger partial charge in [0.2, 0.25) is 0 Å². The Kier molecular flexibility index (Phi) is 2.58. The first-order chi connectivity index (χ1) is 7.83. The van der Waals surface area contributed by atoms with Crippen LogP contribution in [-0.4, -0.2) is 22.6 Å². The van der Waals surface area contributed by atoms with Gasteiger partial charge in [-0.3, -0.25) is 0 Å². The second-order valence-electron chi connectivity index (χ2n) is 4.32. The molecule has 0 spiro atoms. The van der Waals surface area contributed by atoms with Crippen molar-refractivity contribution in [2.45, 2.75) is 25.3 Å². The summed E-state index contributed by atoms with van der Waals surface area (Å²) in [5, 5.41) is 4.19. The van der Waals surface area contributed by atoms with E-state index in [9.17, 15) is 0 Å². The second kappa shape index (κ2) is 4.07. The average molecular weight is 236 g/mol. The summed E-state index contributed by atoms with van der Waals surface area (Å²) in [6.45, 7) is 1.13. The largest absolute Gasteiger partial charge is 0.342 e. The van der Waals surface area contributed by atoms with Crippen molar-refractivity contribution in [1.82, 2.24) is 15.3 Å². The van der Waals surface area contributed by atoms with E-state index in [0.29, 0.717) is 6.04 Å². The highest BCUT2D eigenvalue weighted by molar-refractivity contribution is 6.34. The Hall–Kier alpha value is -1.06. The van der Waals surface area contributed by atoms with Crippen molar-refractivity contribution in [3.05, 3.63) is 29.0 Å². The number of aromatic nitrogens is 2. The number of nitrogens with one attached hydrogen (secondary N) is 2. The number of aromatic amines is 1. The van der Waals surface area contributed by atoms with Crippen LogP contribution in [0.4, 0.5) is 0 Å². The van der Waals surface area contributed by atoms with Gasteiger partial charge in [-0.15, -0.1) is 0 Å². The van der Waals surface area contributed by atoms with Crippen LogP contribution in [0.15, 0.2) is 18.2 Å². The number of para-hydroxylation sites is 1. The fourth-order valence-corrected chi connectivity index (χ4v) is 2.53. The van der Waals surface area contributed by atoms with Crippen molar-refractivity contribution in [3.8, 4) is 0 Å². The quantitative estimate of drug-likeness (QED) is 0.840. The second-order valence-corrected chi connectivity index (χ2v) is 4.72. The van der Waals surface area contributed by atoms with Gasteiger partial charge in [0.25, 0.3) is 0 Å². The minimum atomic E-state index is 0.569. The smallest absolute Gasteiger partial charge is 0.108 e. The first kappa shape index (κ1) is 10.1. The number of nitrogens with zero attached hydrogens (tertiary/aromatic N) is 1. The molecule has 0 aliphatic carbocycles. The number of fused-ring (bicyclic) bond motifs is 1. The number of rotatable bonds is 2. The third-order valence-corrected chi connectivity index (χ3v) is 3.42. The molecule has 0 amide bonds. The molecule has 1 aromatic heterocycles. The van der Waals surface area contributed by atoms with Gasteiger partial charge in [-0.1, -0.05) is 17.7 Å². The van der Waals surface area contributed by atoms with Crippen LogP contribution >= 0.6 is 11.6 Å². The van der Waals surface area contributed by atoms with Gasteiger partial charge in [-0.2, -0.15) is 0 Å². The van der Waals surface area contributed by atoms with Crippen molar-refractivity contribution in [2.75, 3.05) is 6.54 Å². The lowest BCUT2D eigenvalue weighted by Gasteiger charge is -2.06. The van der Waals surface area contributed by atoms with Crippen LogP contribution in [0.1, 0.15) is 18.7 Å². The van der Waals surface area contributed by atoms with Gasteiger partial charge in [-0.25, -0.2) is 4.98 Å². The van der Waals surface area contributed by atoms with E-state index in [1.54, 1.807) is 0 Å². The van der Waals surface area contributed by atoms with Crippen molar-refractivity contribution < 1.29 is 0 Å². The van der Waals surface area contributed by atoms with E-state index in [1.165, 1.54) is 12.8 Å². The third-order valence-electron chi connectivity index (χ3n) is 3.11. The predicted molar refractivity (Wildman–Crippen MR) is 65.8 cm³/mol. The number of halogens is 1. The van der Waals surface area contributed by atoms with Crippen LogP contribution in [0.3, 0.4) is 0 Å². The van der Waals surface area contributed by atoms with Crippen molar-refractivity contribution in [1.29, 1.82) is 0 Å². The van der Waals surface area contributed by atoms with E-state index >= 15 is 0 Å². The van der Waals surface area contributed by atoms with E-state index in [4.69, 9.17) is 11.6 Å². The van der Waals surface area contributed by atoms with Gasteiger partial charge in [-0.05, 0) is 31.5 Å². The molecule has 1 fully saturated rings. The molecule has 1 aliphatic rings. The number of benzene rings is 1. The molecule has 1 aromatic carbocycles. The summed E-state index contributed by atoms with van der Waals surface area (Å²) in [6, 6.07) is 6.40. The van der Waals surface area contributed by atoms with Crippen LogP contribution in [0.5, 0.6) is 0 Å². The minimum absolute atomic E-state index is 0.569. The molecule has 0 saturated carbocycles. The summed E-state index contributed by atoms with van der Waals surface area (Å²) in [6.07, 6.45) is 3.47. The molecule has 2 aromatic rings. The molecule has 2 N–H and O–H groups in total. The number of imidazole rings is 1. The van der Waals surface area contributed by atoms with Crippen LogP contribution < -0.4 is 5.32 Å². The Balaban J connectivity index is 1.90. The third kappa shape index (κ3) is 1.81. The topological polar surface area (TPSA) is 40.7 Å². The summed E-state index contributed by atoms with van der Waals surface area (Å²) in [5.41, 5.74) is 1.91. The number of hydrogen-bond donors (Lipinski definition) is 2. The monoisotopic (exact) mass is 235 g/mol. The Labute approximate surface area is 99.2 Å². The van der Waals surface area contributed by atoms with Gasteiger partial charge < -0.3 is 10.3 Å². The van der Waals surface area contributed by atoms with Gasteiger partial charge in [0.15, 0.2) is 0 Å². The predicted octanol–water partition coefficient (Wildman–Crippen LogP) is 2.51. The lowest BCUT2D eigenvalue weighted by atomic mass is 10.1. The maximum atomic E-state index is 6.09. The highest BCUT2D eigenvalue weighted by atomic mass is 35.5. The van der Waals surface area contributed by atoms with Gasteiger partial charge >= 0.3 is 0 Å². The van der Waals surface area contributed by atoms with Crippen LogP contribution in [0, 0.1) is 0 Å². The van der Waals surface area contributed by atoms with E-state index in [-0.39, 0.29) is 0 Å². The van der Waals surface area contributed by atoms with E-state index in [1.807, 2.05) is 18.2 Å². The molecule has 0 radical (unpaired) electrons. The molecule has 0 bridgehead atoms. The zero-order valence-corrected chi connectivity index (χ0v) is 9.72. The Morgan fingerprint density at radius 2 is 2.38 bits per heavy atom. The molecule has 3 nitrogen and oxygen atoms in total. The molecule has 1 unspecified atom stereocenters. The first-order valence-corrected chi connectivity index (χ1v) is 6.07. The Bertz CT molecular complexity index is 500. The summed E-state index contributed by atoms with van der Waals surface area (Å²) in [5.74, 6) is 1.03.